The van der Waals surface area contributed by atoms with E-state index in [1.54, 1.807) is 6.07 Å². The van der Waals surface area contributed by atoms with Crippen molar-refractivity contribution >= 4 is 11.9 Å². The number of esters is 1. The zero-order valence-electron chi connectivity index (χ0n) is 12.1. The van der Waals surface area contributed by atoms with Crippen LogP contribution >= 0.6 is 0 Å². The molecule has 0 radical (unpaired) electrons. The Kier molecular flexibility index (Phi) is 5.49. The molecule has 0 aliphatic carbocycles. The summed E-state index contributed by atoms with van der Waals surface area (Å²) in [7, 11) is 0. The molecule has 0 fully saturated rings. The lowest BCUT2D eigenvalue weighted by Gasteiger charge is -2.10. The molecule has 2 rings (SSSR count). The number of carbonyl (C=O) groups is 2. The first-order chi connectivity index (χ1) is 10.7. The number of benzene rings is 2. The Morgan fingerprint density at radius 3 is 2.45 bits per heavy atom. The number of carbonyl (C=O) groups excluding carboxylic acids is 2. The predicted octanol–water partition coefficient (Wildman–Crippen LogP) is 2.81. The van der Waals surface area contributed by atoms with Gasteiger partial charge in [-0.1, -0.05) is 55.1 Å². The minimum absolute atomic E-state index is 0.115. The molecular formula is C18H17NO3. The van der Waals surface area contributed by atoms with Crippen molar-refractivity contribution in [3.05, 3.63) is 72.8 Å². The Morgan fingerprint density at radius 2 is 1.73 bits per heavy atom. The van der Waals surface area contributed by atoms with E-state index in [2.05, 4.69) is 11.9 Å². The van der Waals surface area contributed by atoms with Crippen LogP contribution < -0.4 is 5.32 Å². The van der Waals surface area contributed by atoms with E-state index in [1.807, 2.05) is 48.5 Å². The van der Waals surface area contributed by atoms with Crippen LogP contribution in [0.4, 0.5) is 0 Å². The van der Waals surface area contributed by atoms with Gasteiger partial charge in [-0.25, -0.2) is 4.79 Å². The van der Waals surface area contributed by atoms with Crippen molar-refractivity contribution in [2.24, 2.45) is 0 Å². The van der Waals surface area contributed by atoms with Gasteiger partial charge in [0.25, 0.3) is 5.91 Å². The van der Waals surface area contributed by atoms with Crippen LogP contribution in [0.1, 0.15) is 10.4 Å². The van der Waals surface area contributed by atoms with Crippen molar-refractivity contribution in [2.45, 2.75) is 0 Å². The molecule has 4 nitrogen and oxygen atoms in total. The van der Waals surface area contributed by atoms with Crippen molar-refractivity contribution in [2.75, 3.05) is 13.2 Å². The maximum Gasteiger partial charge on any atom is 0.330 e. The van der Waals surface area contributed by atoms with Crippen molar-refractivity contribution < 1.29 is 14.3 Å². The van der Waals surface area contributed by atoms with E-state index in [4.69, 9.17) is 4.74 Å². The standard InChI is InChI=1S/C18H17NO3/c1-2-17(20)22-13-12-19-18(21)16-11-7-6-10-15(16)14-8-4-3-5-9-14/h2-11H,1,12-13H2,(H,19,21). The van der Waals surface area contributed by atoms with Crippen molar-refractivity contribution in [3.63, 3.8) is 0 Å². The third-order valence-electron chi connectivity index (χ3n) is 3.06. The smallest absolute Gasteiger partial charge is 0.330 e. The van der Waals surface area contributed by atoms with E-state index in [0.717, 1.165) is 17.2 Å². The molecule has 1 N–H and O–H groups in total. The topological polar surface area (TPSA) is 55.4 Å². The molecule has 2 aromatic carbocycles. The Hall–Kier alpha value is -2.88. The van der Waals surface area contributed by atoms with Gasteiger partial charge in [-0.3, -0.25) is 4.79 Å². The molecular weight excluding hydrogens is 278 g/mol. The summed E-state index contributed by atoms with van der Waals surface area (Å²) in [6.45, 7) is 3.67. The van der Waals surface area contributed by atoms with Crippen LogP contribution in [0.15, 0.2) is 67.3 Å². The van der Waals surface area contributed by atoms with Crippen LogP contribution in [-0.4, -0.2) is 25.0 Å². The Labute approximate surface area is 129 Å². The van der Waals surface area contributed by atoms with E-state index in [0.29, 0.717) is 5.56 Å². The summed E-state index contributed by atoms with van der Waals surface area (Å²) in [5.74, 6) is -0.701. The van der Waals surface area contributed by atoms with Gasteiger partial charge in [-0.2, -0.15) is 0 Å². The van der Waals surface area contributed by atoms with E-state index in [9.17, 15) is 9.59 Å². The highest BCUT2D eigenvalue weighted by atomic mass is 16.5. The summed E-state index contributed by atoms with van der Waals surface area (Å²) in [5, 5.41) is 2.74. The second kappa shape index (κ2) is 7.78. The van der Waals surface area contributed by atoms with Crippen molar-refractivity contribution in [1.82, 2.24) is 5.32 Å². The average molecular weight is 295 g/mol. The first kappa shape index (κ1) is 15.5. The van der Waals surface area contributed by atoms with Crippen LogP contribution in [0, 0.1) is 0 Å². The van der Waals surface area contributed by atoms with E-state index < -0.39 is 5.97 Å². The van der Waals surface area contributed by atoms with Gasteiger partial charge in [-0.05, 0) is 17.2 Å². The van der Waals surface area contributed by atoms with E-state index >= 15 is 0 Å². The maximum absolute atomic E-state index is 12.3. The largest absolute Gasteiger partial charge is 0.461 e. The maximum atomic E-state index is 12.3. The van der Waals surface area contributed by atoms with Crippen LogP contribution in [0.2, 0.25) is 0 Å². The molecule has 22 heavy (non-hydrogen) atoms. The monoisotopic (exact) mass is 295 g/mol. The number of hydrogen-bond acceptors (Lipinski definition) is 3. The summed E-state index contributed by atoms with van der Waals surface area (Å²) in [4.78, 5) is 23.2. The first-order valence-electron chi connectivity index (χ1n) is 6.94. The summed E-state index contributed by atoms with van der Waals surface area (Å²) in [5.41, 5.74) is 2.43. The first-order valence-corrected chi connectivity index (χ1v) is 6.94. The quantitative estimate of drug-likeness (QED) is 0.506. The van der Waals surface area contributed by atoms with Crippen LogP contribution in [-0.2, 0) is 9.53 Å². The molecule has 112 valence electrons. The molecule has 1 amide bonds. The number of amides is 1. The van der Waals surface area contributed by atoms with Gasteiger partial charge in [0, 0.05) is 11.6 Å². The van der Waals surface area contributed by atoms with Crippen molar-refractivity contribution in [3.8, 4) is 11.1 Å². The number of hydrogen-bond donors (Lipinski definition) is 1. The van der Waals surface area contributed by atoms with Crippen LogP contribution in [0.25, 0.3) is 11.1 Å². The van der Waals surface area contributed by atoms with Gasteiger partial charge < -0.3 is 10.1 Å². The molecule has 0 aliphatic heterocycles. The Morgan fingerprint density at radius 1 is 1.05 bits per heavy atom. The molecule has 0 saturated heterocycles. The zero-order chi connectivity index (χ0) is 15.8. The highest BCUT2D eigenvalue weighted by Gasteiger charge is 2.11. The van der Waals surface area contributed by atoms with Crippen LogP contribution in [0.5, 0.6) is 0 Å². The summed E-state index contributed by atoms with van der Waals surface area (Å²) >= 11 is 0. The molecule has 0 unspecified atom stereocenters. The highest BCUT2D eigenvalue weighted by molar-refractivity contribution is 6.00. The van der Waals surface area contributed by atoms with E-state index in [1.165, 1.54) is 0 Å². The number of nitrogens with one attached hydrogen (secondary N) is 1. The Bertz CT molecular complexity index is 665. The summed E-state index contributed by atoms with van der Waals surface area (Å²) in [6.07, 6.45) is 1.09. The van der Waals surface area contributed by atoms with Gasteiger partial charge in [0.2, 0.25) is 0 Å². The molecule has 0 saturated carbocycles. The van der Waals surface area contributed by atoms with Crippen LogP contribution in [0.3, 0.4) is 0 Å². The molecule has 0 heterocycles. The van der Waals surface area contributed by atoms with Gasteiger partial charge in [0.1, 0.15) is 6.61 Å². The second-order valence-corrected chi connectivity index (χ2v) is 4.54. The highest BCUT2D eigenvalue weighted by Crippen LogP contribution is 2.23. The van der Waals surface area contributed by atoms with Gasteiger partial charge in [-0.15, -0.1) is 0 Å². The number of rotatable bonds is 6. The lowest BCUT2D eigenvalue weighted by Crippen LogP contribution is -2.28. The molecule has 0 atom stereocenters. The molecule has 0 aromatic heterocycles. The summed E-state index contributed by atoms with van der Waals surface area (Å²) in [6, 6.07) is 17.1. The third-order valence-corrected chi connectivity index (χ3v) is 3.06. The second-order valence-electron chi connectivity index (χ2n) is 4.54. The Balaban J connectivity index is 2.04. The number of ether oxygens (including phenoxy) is 1. The normalized spacial score (nSPS) is 9.82. The average Bonchev–Trinajstić information content (AvgIpc) is 2.59. The van der Waals surface area contributed by atoms with E-state index in [-0.39, 0.29) is 19.1 Å². The van der Waals surface area contributed by atoms with Gasteiger partial charge >= 0.3 is 5.97 Å². The zero-order valence-corrected chi connectivity index (χ0v) is 12.1. The lowest BCUT2D eigenvalue weighted by atomic mass is 9.99. The molecule has 2 aromatic rings. The lowest BCUT2D eigenvalue weighted by molar-refractivity contribution is -0.137. The fourth-order valence-electron chi connectivity index (χ4n) is 2.02. The molecule has 0 bridgehead atoms. The van der Waals surface area contributed by atoms with Gasteiger partial charge in [0.15, 0.2) is 0 Å². The predicted molar refractivity (Wildman–Crippen MR) is 85.4 cm³/mol. The van der Waals surface area contributed by atoms with Crippen molar-refractivity contribution in [1.29, 1.82) is 0 Å². The van der Waals surface area contributed by atoms with Gasteiger partial charge in [0.05, 0.1) is 6.54 Å². The molecule has 4 heteroatoms. The summed E-state index contributed by atoms with van der Waals surface area (Å²) < 4.78 is 4.82. The minimum Gasteiger partial charge on any atom is -0.461 e. The SMILES string of the molecule is C=CC(=O)OCCNC(=O)c1ccccc1-c1ccccc1. The fraction of sp³-hybridized carbons (Fsp3) is 0.111. The minimum atomic E-state index is -0.501. The fourth-order valence-corrected chi connectivity index (χ4v) is 2.02. The third kappa shape index (κ3) is 4.06. The molecule has 0 spiro atoms. The molecule has 0 aliphatic rings.